The molecule has 1 atom stereocenters. The predicted octanol–water partition coefficient (Wildman–Crippen LogP) is 5.09. The van der Waals surface area contributed by atoms with Crippen LogP contribution in [0.2, 0.25) is 0 Å². The van der Waals surface area contributed by atoms with Crippen LogP contribution in [0, 0.1) is 5.92 Å². The molecule has 1 aromatic carbocycles. The summed E-state index contributed by atoms with van der Waals surface area (Å²) in [5, 5.41) is 2.01. The molecule has 0 saturated carbocycles. The maximum atomic E-state index is 13.6. The Labute approximate surface area is 213 Å². The molecule has 2 heterocycles. The Kier molecular flexibility index (Phi) is 10.9. The van der Waals surface area contributed by atoms with Crippen molar-refractivity contribution in [3.63, 3.8) is 0 Å². The van der Waals surface area contributed by atoms with Gasteiger partial charge in [0.2, 0.25) is 18.6 Å². The summed E-state index contributed by atoms with van der Waals surface area (Å²) in [6, 6.07) is 9.79. The summed E-state index contributed by atoms with van der Waals surface area (Å²) in [5.74, 6) is 1.38. The Hall–Kier alpha value is -2.58. The van der Waals surface area contributed by atoms with Crippen molar-refractivity contribution in [3.8, 4) is 11.5 Å². The molecule has 2 amide bonds. The smallest absolute Gasteiger partial charge is 0.242 e. The predicted molar refractivity (Wildman–Crippen MR) is 138 cm³/mol. The van der Waals surface area contributed by atoms with Crippen molar-refractivity contribution in [2.24, 2.45) is 5.92 Å². The SMILES string of the molecule is CCCCC(CC)C(=O)N(CCCOC)CC(=O)N(Cc1ccc2c(c1)OCO2)Cc1cccs1. The first-order valence-electron chi connectivity index (χ1n) is 12.5. The summed E-state index contributed by atoms with van der Waals surface area (Å²) >= 11 is 1.62. The van der Waals surface area contributed by atoms with Gasteiger partial charge in [0.25, 0.3) is 0 Å². The third-order valence-electron chi connectivity index (χ3n) is 6.25. The Morgan fingerprint density at radius 1 is 1.09 bits per heavy atom. The standard InChI is InChI=1S/C27H38N2O5S/c1-4-6-9-22(5-2)27(31)28(13-8-14-32-3)19-26(30)29(18-23-10-7-15-35-23)17-21-11-12-24-25(16-21)34-20-33-24/h7,10-12,15-16,22H,4-6,8-9,13-14,17-20H2,1-3H3. The van der Waals surface area contributed by atoms with Crippen LogP contribution < -0.4 is 9.47 Å². The van der Waals surface area contributed by atoms with Gasteiger partial charge in [-0.3, -0.25) is 9.59 Å². The molecule has 0 spiro atoms. The molecule has 3 rings (SSSR count). The van der Waals surface area contributed by atoms with Crippen LogP contribution in [0.15, 0.2) is 35.7 Å². The van der Waals surface area contributed by atoms with E-state index in [-0.39, 0.29) is 31.1 Å². The molecule has 0 bridgehead atoms. The van der Waals surface area contributed by atoms with Crippen LogP contribution in [0.25, 0.3) is 0 Å². The third kappa shape index (κ3) is 7.97. The molecule has 0 aliphatic carbocycles. The lowest BCUT2D eigenvalue weighted by atomic mass is 9.97. The molecule has 192 valence electrons. The number of carbonyl (C=O) groups excluding carboxylic acids is 2. The number of thiophene rings is 1. The second kappa shape index (κ2) is 14.1. The van der Waals surface area contributed by atoms with Gasteiger partial charge in [-0.05, 0) is 48.4 Å². The molecular weight excluding hydrogens is 464 g/mol. The van der Waals surface area contributed by atoms with Crippen LogP contribution in [0.5, 0.6) is 11.5 Å². The second-order valence-corrected chi connectivity index (χ2v) is 9.90. The van der Waals surface area contributed by atoms with Crippen molar-refractivity contribution in [1.82, 2.24) is 9.80 Å². The van der Waals surface area contributed by atoms with E-state index in [2.05, 4.69) is 13.8 Å². The molecule has 1 aromatic heterocycles. The molecule has 35 heavy (non-hydrogen) atoms. The van der Waals surface area contributed by atoms with Crippen molar-refractivity contribution in [2.45, 2.75) is 59.0 Å². The quantitative estimate of drug-likeness (QED) is 0.318. The van der Waals surface area contributed by atoms with Crippen LogP contribution in [-0.2, 0) is 27.4 Å². The lowest BCUT2D eigenvalue weighted by Crippen LogP contribution is -2.45. The minimum atomic E-state index is -0.0628. The Morgan fingerprint density at radius 2 is 1.91 bits per heavy atom. The summed E-state index contributed by atoms with van der Waals surface area (Å²) in [6.07, 6.45) is 4.41. The van der Waals surface area contributed by atoms with Crippen LogP contribution in [-0.4, -0.2) is 55.2 Å². The fraction of sp³-hybridized carbons (Fsp3) is 0.556. The molecule has 0 radical (unpaired) electrons. The van der Waals surface area contributed by atoms with E-state index >= 15 is 0 Å². The molecule has 1 aliphatic heterocycles. The minimum Gasteiger partial charge on any atom is -0.454 e. The minimum absolute atomic E-state index is 0.0510. The van der Waals surface area contributed by atoms with Crippen LogP contribution >= 0.6 is 11.3 Å². The first kappa shape index (κ1) is 27.0. The fourth-order valence-electron chi connectivity index (χ4n) is 4.22. The lowest BCUT2D eigenvalue weighted by molar-refractivity contribution is -0.144. The van der Waals surface area contributed by atoms with E-state index < -0.39 is 0 Å². The largest absolute Gasteiger partial charge is 0.454 e. The summed E-state index contributed by atoms with van der Waals surface area (Å²) < 4.78 is 16.2. The molecule has 7 nitrogen and oxygen atoms in total. The Balaban J connectivity index is 1.76. The van der Waals surface area contributed by atoms with Gasteiger partial charge < -0.3 is 24.0 Å². The number of amides is 2. The first-order valence-corrected chi connectivity index (χ1v) is 13.4. The van der Waals surface area contributed by atoms with Gasteiger partial charge >= 0.3 is 0 Å². The highest BCUT2D eigenvalue weighted by molar-refractivity contribution is 7.09. The van der Waals surface area contributed by atoms with Crippen LogP contribution in [0.4, 0.5) is 0 Å². The Morgan fingerprint density at radius 3 is 2.63 bits per heavy atom. The normalized spacial score (nSPS) is 13.0. The highest BCUT2D eigenvalue weighted by atomic mass is 32.1. The van der Waals surface area contributed by atoms with E-state index in [4.69, 9.17) is 14.2 Å². The van der Waals surface area contributed by atoms with Gasteiger partial charge in [-0.15, -0.1) is 11.3 Å². The number of benzene rings is 1. The number of rotatable bonds is 15. The monoisotopic (exact) mass is 502 g/mol. The van der Waals surface area contributed by atoms with Gasteiger partial charge in [0.1, 0.15) is 0 Å². The van der Waals surface area contributed by atoms with Gasteiger partial charge in [0.05, 0.1) is 13.1 Å². The molecule has 8 heteroatoms. The number of carbonyl (C=O) groups is 2. The molecule has 1 unspecified atom stereocenters. The van der Waals surface area contributed by atoms with Crippen molar-refractivity contribution in [1.29, 1.82) is 0 Å². The van der Waals surface area contributed by atoms with E-state index in [0.717, 1.165) is 41.9 Å². The average Bonchev–Trinajstić information content (AvgIpc) is 3.55. The summed E-state index contributed by atoms with van der Waals surface area (Å²) in [7, 11) is 1.65. The number of ether oxygens (including phenoxy) is 3. The zero-order valence-electron chi connectivity index (χ0n) is 21.2. The van der Waals surface area contributed by atoms with E-state index in [9.17, 15) is 9.59 Å². The number of nitrogens with zero attached hydrogens (tertiary/aromatic N) is 2. The van der Waals surface area contributed by atoms with Gasteiger partial charge in [-0.2, -0.15) is 0 Å². The van der Waals surface area contributed by atoms with Crippen molar-refractivity contribution < 1.29 is 23.8 Å². The fourth-order valence-corrected chi connectivity index (χ4v) is 4.94. The number of hydrogen-bond donors (Lipinski definition) is 0. The molecular formula is C27H38N2O5S. The van der Waals surface area contributed by atoms with Crippen molar-refractivity contribution >= 4 is 23.2 Å². The maximum Gasteiger partial charge on any atom is 0.242 e. The van der Waals surface area contributed by atoms with Gasteiger partial charge in [0.15, 0.2) is 11.5 Å². The third-order valence-corrected chi connectivity index (χ3v) is 7.11. The van der Waals surface area contributed by atoms with Gasteiger partial charge in [-0.1, -0.05) is 38.8 Å². The van der Waals surface area contributed by atoms with E-state index in [1.165, 1.54) is 0 Å². The number of hydrogen-bond acceptors (Lipinski definition) is 6. The second-order valence-electron chi connectivity index (χ2n) is 8.87. The summed E-state index contributed by atoms with van der Waals surface area (Å²) in [4.78, 5) is 31.7. The van der Waals surface area contributed by atoms with Gasteiger partial charge in [-0.25, -0.2) is 0 Å². The maximum absolute atomic E-state index is 13.6. The summed E-state index contributed by atoms with van der Waals surface area (Å²) in [6.45, 7) is 6.47. The first-order chi connectivity index (χ1) is 17.0. The van der Waals surface area contributed by atoms with Crippen LogP contribution in [0.1, 0.15) is 56.4 Å². The molecule has 1 aliphatic rings. The molecule has 2 aromatic rings. The highest BCUT2D eigenvalue weighted by Gasteiger charge is 2.27. The number of unbranched alkanes of at least 4 members (excludes halogenated alkanes) is 1. The van der Waals surface area contributed by atoms with Crippen LogP contribution in [0.3, 0.4) is 0 Å². The van der Waals surface area contributed by atoms with Crippen molar-refractivity contribution in [3.05, 3.63) is 46.2 Å². The zero-order valence-corrected chi connectivity index (χ0v) is 22.0. The zero-order chi connectivity index (χ0) is 25.0. The highest BCUT2D eigenvalue weighted by Crippen LogP contribution is 2.33. The molecule has 0 N–H and O–H groups in total. The number of methoxy groups -OCH3 is 1. The molecule has 0 saturated heterocycles. The number of fused-ring (bicyclic) bond motifs is 1. The van der Waals surface area contributed by atoms with Gasteiger partial charge in [0, 0.05) is 37.6 Å². The van der Waals surface area contributed by atoms with E-state index in [0.29, 0.717) is 38.4 Å². The molecule has 0 fully saturated rings. The topological polar surface area (TPSA) is 68.3 Å². The lowest BCUT2D eigenvalue weighted by Gasteiger charge is -2.30. The summed E-state index contributed by atoms with van der Waals surface area (Å²) in [5.41, 5.74) is 0.964. The average molecular weight is 503 g/mol. The van der Waals surface area contributed by atoms with Crippen molar-refractivity contribution in [2.75, 3.05) is 33.6 Å². The van der Waals surface area contributed by atoms with E-state index in [1.807, 2.05) is 40.6 Å². The van der Waals surface area contributed by atoms with E-state index in [1.54, 1.807) is 23.3 Å². The Bertz CT molecular complexity index is 934.